The number of hydrogen-bond acceptors (Lipinski definition) is 4. The van der Waals surface area contributed by atoms with Gasteiger partial charge in [-0.25, -0.2) is 0 Å². The molecule has 1 aromatic carbocycles. The van der Waals surface area contributed by atoms with E-state index >= 15 is 0 Å². The zero-order valence-electron chi connectivity index (χ0n) is 17.1. The van der Waals surface area contributed by atoms with Gasteiger partial charge in [0.05, 0.1) is 13.2 Å². The third-order valence-electron chi connectivity index (χ3n) is 5.78. The van der Waals surface area contributed by atoms with Crippen LogP contribution in [0.3, 0.4) is 0 Å². The molecule has 1 unspecified atom stereocenters. The van der Waals surface area contributed by atoms with Crippen LogP contribution < -0.4 is 10.1 Å². The van der Waals surface area contributed by atoms with Gasteiger partial charge in [-0.05, 0) is 49.3 Å². The number of ether oxygens (including phenoxy) is 1. The predicted molar refractivity (Wildman–Crippen MR) is 108 cm³/mol. The molecule has 0 bridgehead atoms. The van der Waals surface area contributed by atoms with Crippen molar-refractivity contribution < 1.29 is 9.16 Å². The molecule has 0 radical (unpaired) electrons. The average molecular weight is 365 g/mol. The molecule has 1 heterocycles. The summed E-state index contributed by atoms with van der Waals surface area (Å²) in [5, 5.41) is 3.73. The van der Waals surface area contributed by atoms with E-state index in [1.807, 2.05) is 13.1 Å². The van der Waals surface area contributed by atoms with Gasteiger partial charge in [0.2, 0.25) is 0 Å². The van der Waals surface area contributed by atoms with Gasteiger partial charge in [0.25, 0.3) is 0 Å². The summed E-state index contributed by atoms with van der Waals surface area (Å²) in [5.41, 5.74) is 1.27. The van der Waals surface area contributed by atoms with E-state index in [2.05, 4.69) is 62.3 Å². The van der Waals surface area contributed by atoms with Crippen LogP contribution in [0, 0.1) is 0 Å². The van der Waals surface area contributed by atoms with E-state index in [-0.39, 0.29) is 5.04 Å². The lowest BCUT2D eigenvalue weighted by Gasteiger charge is -2.38. The molecule has 1 fully saturated rings. The average Bonchev–Trinajstić information content (AvgIpc) is 2.98. The molecule has 0 aromatic heterocycles. The fourth-order valence-electron chi connectivity index (χ4n) is 3.13. The summed E-state index contributed by atoms with van der Waals surface area (Å²) in [5.74, 6) is 0.915. The molecule has 0 aliphatic carbocycles. The highest BCUT2D eigenvalue weighted by Crippen LogP contribution is 2.38. The molecular formula is C20H36N2O2Si. The number of rotatable bonds is 7. The van der Waals surface area contributed by atoms with Crippen molar-refractivity contribution in [3.05, 3.63) is 29.8 Å². The Morgan fingerprint density at radius 2 is 2.04 bits per heavy atom. The summed E-state index contributed by atoms with van der Waals surface area (Å²) in [6.07, 6.45) is 1.52. The molecule has 142 valence electrons. The zero-order valence-corrected chi connectivity index (χ0v) is 18.1. The number of methoxy groups -OCH3 is 1. The summed E-state index contributed by atoms with van der Waals surface area (Å²) in [7, 11) is 2.07. The van der Waals surface area contributed by atoms with Crippen LogP contribution in [-0.4, -0.2) is 53.1 Å². The lowest BCUT2D eigenvalue weighted by Crippen LogP contribution is -2.44. The van der Waals surface area contributed by atoms with Gasteiger partial charge in [-0.15, -0.1) is 0 Å². The first kappa shape index (κ1) is 20.4. The standard InChI is InChI=1S/C20H36N2O2Si/c1-20(2,3)25(6,7)24-18-11-12-22(14-18)15-19(21-4)16-9-8-10-17(13-16)23-5/h8-10,13,18-19,21H,11-12,14-15H2,1-7H3/t18?,19-/m1/s1. The van der Waals surface area contributed by atoms with Crippen molar-refractivity contribution in [1.82, 2.24) is 10.2 Å². The minimum Gasteiger partial charge on any atom is -0.497 e. The van der Waals surface area contributed by atoms with Gasteiger partial charge < -0.3 is 14.5 Å². The maximum absolute atomic E-state index is 6.61. The van der Waals surface area contributed by atoms with Gasteiger partial charge in [-0.1, -0.05) is 32.9 Å². The van der Waals surface area contributed by atoms with Crippen LogP contribution in [0.4, 0.5) is 0 Å². The van der Waals surface area contributed by atoms with Crippen molar-refractivity contribution in [3.8, 4) is 5.75 Å². The van der Waals surface area contributed by atoms with Crippen molar-refractivity contribution in [2.45, 2.75) is 57.5 Å². The van der Waals surface area contributed by atoms with Crippen LogP contribution in [0.1, 0.15) is 38.8 Å². The minimum atomic E-state index is -1.68. The van der Waals surface area contributed by atoms with Gasteiger partial charge in [0.15, 0.2) is 8.32 Å². The smallest absolute Gasteiger partial charge is 0.192 e. The van der Waals surface area contributed by atoms with Crippen LogP contribution >= 0.6 is 0 Å². The topological polar surface area (TPSA) is 33.7 Å². The molecule has 5 heteroatoms. The highest BCUT2D eigenvalue weighted by atomic mass is 28.4. The predicted octanol–water partition coefficient (Wildman–Crippen LogP) is 4.05. The summed E-state index contributed by atoms with van der Waals surface area (Å²) in [6, 6.07) is 8.66. The van der Waals surface area contributed by atoms with E-state index in [1.54, 1.807) is 7.11 Å². The Hall–Kier alpha value is -0.883. The van der Waals surface area contributed by atoms with Crippen molar-refractivity contribution in [2.75, 3.05) is 33.8 Å². The second-order valence-corrected chi connectivity index (χ2v) is 13.4. The molecule has 0 amide bonds. The van der Waals surface area contributed by atoms with E-state index in [0.29, 0.717) is 12.1 Å². The van der Waals surface area contributed by atoms with E-state index in [0.717, 1.165) is 31.8 Å². The Morgan fingerprint density at radius 1 is 1.32 bits per heavy atom. The van der Waals surface area contributed by atoms with E-state index in [4.69, 9.17) is 9.16 Å². The summed E-state index contributed by atoms with van der Waals surface area (Å²) < 4.78 is 12.0. The Kier molecular flexibility index (Phi) is 6.71. The molecule has 1 aromatic rings. The van der Waals surface area contributed by atoms with E-state index in [9.17, 15) is 0 Å². The fraction of sp³-hybridized carbons (Fsp3) is 0.700. The number of likely N-dealkylation sites (tertiary alicyclic amines) is 1. The van der Waals surface area contributed by atoms with Crippen LogP contribution in [0.5, 0.6) is 5.75 Å². The van der Waals surface area contributed by atoms with Crippen molar-refractivity contribution >= 4 is 8.32 Å². The number of nitrogens with one attached hydrogen (secondary N) is 1. The van der Waals surface area contributed by atoms with Crippen molar-refractivity contribution in [2.24, 2.45) is 0 Å². The fourth-order valence-corrected chi connectivity index (χ4v) is 4.51. The molecule has 1 saturated heterocycles. The van der Waals surface area contributed by atoms with Gasteiger partial charge in [0, 0.05) is 25.7 Å². The maximum atomic E-state index is 6.61. The Morgan fingerprint density at radius 3 is 2.64 bits per heavy atom. The first-order valence-electron chi connectivity index (χ1n) is 9.37. The molecule has 4 nitrogen and oxygen atoms in total. The molecule has 0 saturated carbocycles. The van der Waals surface area contributed by atoms with Crippen LogP contribution in [0.25, 0.3) is 0 Å². The van der Waals surface area contributed by atoms with Gasteiger partial charge in [-0.3, -0.25) is 4.90 Å². The Bertz CT molecular complexity index is 557. The lowest BCUT2D eigenvalue weighted by molar-refractivity contribution is 0.177. The number of nitrogens with zero attached hydrogens (tertiary/aromatic N) is 1. The van der Waals surface area contributed by atoms with E-state index < -0.39 is 8.32 Å². The van der Waals surface area contributed by atoms with Crippen LogP contribution in [0.15, 0.2) is 24.3 Å². The quantitative estimate of drug-likeness (QED) is 0.740. The Labute approximate surface area is 155 Å². The van der Waals surface area contributed by atoms with Crippen LogP contribution in [-0.2, 0) is 4.43 Å². The Balaban J connectivity index is 1.95. The molecule has 25 heavy (non-hydrogen) atoms. The van der Waals surface area contributed by atoms with Crippen molar-refractivity contribution in [1.29, 1.82) is 0 Å². The van der Waals surface area contributed by atoms with Gasteiger partial charge >= 0.3 is 0 Å². The number of hydrogen-bond donors (Lipinski definition) is 1. The molecule has 1 aliphatic rings. The summed E-state index contributed by atoms with van der Waals surface area (Å²) >= 11 is 0. The third kappa shape index (κ3) is 5.30. The summed E-state index contributed by atoms with van der Waals surface area (Å²) in [6.45, 7) is 14.8. The zero-order chi connectivity index (χ0) is 18.7. The summed E-state index contributed by atoms with van der Waals surface area (Å²) in [4.78, 5) is 2.53. The highest BCUT2D eigenvalue weighted by Gasteiger charge is 2.40. The second kappa shape index (κ2) is 8.21. The lowest BCUT2D eigenvalue weighted by atomic mass is 10.1. The first-order valence-corrected chi connectivity index (χ1v) is 12.3. The number of likely N-dealkylation sites (N-methyl/N-ethyl adjacent to an activating group) is 1. The molecule has 1 aliphatic heterocycles. The first-order chi connectivity index (χ1) is 11.7. The molecule has 1 N–H and O–H groups in total. The largest absolute Gasteiger partial charge is 0.497 e. The monoisotopic (exact) mass is 364 g/mol. The number of benzene rings is 1. The van der Waals surface area contributed by atoms with E-state index in [1.165, 1.54) is 5.56 Å². The minimum absolute atomic E-state index is 0.272. The second-order valence-electron chi connectivity index (χ2n) is 8.67. The SMILES string of the molecule is CN[C@H](CN1CCC(O[Si](C)(C)C(C)(C)C)C1)c1cccc(OC)c1. The van der Waals surface area contributed by atoms with Gasteiger partial charge in [-0.2, -0.15) is 0 Å². The molecule has 0 spiro atoms. The highest BCUT2D eigenvalue weighted by molar-refractivity contribution is 6.74. The normalized spacial score (nSPS) is 20.7. The van der Waals surface area contributed by atoms with Gasteiger partial charge in [0.1, 0.15) is 5.75 Å². The molecule has 2 atom stereocenters. The maximum Gasteiger partial charge on any atom is 0.192 e. The van der Waals surface area contributed by atoms with Crippen molar-refractivity contribution in [3.63, 3.8) is 0 Å². The molecule has 2 rings (SSSR count). The molecular weight excluding hydrogens is 328 g/mol. The van der Waals surface area contributed by atoms with Crippen LogP contribution in [0.2, 0.25) is 18.1 Å². The third-order valence-corrected chi connectivity index (χ3v) is 10.3.